The molecule has 78 valence electrons. The summed E-state index contributed by atoms with van der Waals surface area (Å²) in [7, 11) is 0. The first-order valence-corrected chi connectivity index (χ1v) is 6.05. The van der Waals surface area contributed by atoms with Crippen LogP contribution >= 0.6 is 22.6 Å². The SMILES string of the molecule is O=C(NC1CC=CC1)c1ccccc1I. The van der Waals surface area contributed by atoms with E-state index in [4.69, 9.17) is 0 Å². The molecule has 2 nitrogen and oxygen atoms in total. The molecule has 0 saturated carbocycles. The molecule has 0 heterocycles. The number of rotatable bonds is 2. The minimum Gasteiger partial charge on any atom is -0.349 e. The molecule has 0 atom stereocenters. The molecule has 1 aliphatic rings. The Kier molecular flexibility index (Phi) is 3.41. The van der Waals surface area contributed by atoms with Gasteiger partial charge >= 0.3 is 0 Å². The van der Waals surface area contributed by atoms with E-state index in [1.54, 1.807) is 0 Å². The summed E-state index contributed by atoms with van der Waals surface area (Å²) in [4.78, 5) is 11.9. The normalized spacial score (nSPS) is 15.5. The lowest BCUT2D eigenvalue weighted by atomic mass is 10.2. The van der Waals surface area contributed by atoms with Crippen molar-refractivity contribution in [3.63, 3.8) is 0 Å². The second-order valence-electron chi connectivity index (χ2n) is 3.59. The van der Waals surface area contributed by atoms with Crippen molar-refractivity contribution in [2.45, 2.75) is 18.9 Å². The number of halogens is 1. The Bertz CT molecular complexity index is 392. The molecule has 1 aromatic rings. The lowest BCUT2D eigenvalue weighted by Gasteiger charge is -2.12. The Hall–Kier alpha value is -0.840. The molecule has 1 amide bonds. The number of benzene rings is 1. The second-order valence-corrected chi connectivity index (χ2v) is 4.76. The average molecular weight is 313 g/mol. The average Bonchev–Trinajstić information content (AvgIpc) is 2.71. The zero-order chi connectivity index (χ0) is 10.7. The summed E-state index contributed by atoms with van der Waals surface area (Å²) in [6.07, 6.45) is 6.13. The number of nitrogens with one attached hydrogen (secondary N) is 1. The molecule has 0 spiro atoms. The highest BCUT2D eigenvalue weighted by molar-refractivity contribution is 14.1. The molecule has 0 radical (unpaired) electrons. The fourth-order valence-electron chi connectivity index (χ4n) is 1.64. The van der Waals surface area contributed by atoms with Gasteiger partial charge in [0.25, 0.3) is 5.91 Å². The van der Waals surface area contributed by atoms with Gasteiger partial charge in [-0.05, 0) is 47.6 Å². The standard InChI is InChI=1S/C12H12INO/c13-11-8-4-3-7-10(11)12(15)14-9-5-1-2-6-9/h1-4,7-9H,5-6H2,(H,14,15). The van der Waals surface area contributed by atoms with Crippen LogP contribution < -0.4 is 5.32 Å². The van der Waals surface area contributed by atoms with Gasteiger partial charge in [-0.2, -0.15) is 0 Å². The van der Waals surface area contributed by atoms with Crippen LogP contribution in [0.3, 0.4) is 0 Å². The van der Waals surface area contributed by atoms with Crippen molar-refractivity contribution < 1.29 is 4.79 Å². The van der Waals surface area contributed by atoms with Crippen LogP contribution in [-0.2, 0) is 0 Å². The molecular weight excluding hydrogens is 301 g/mol. The molecule has 0 saturated heterocycles. The predicted molar refractivity (Wildman–Crippen MR) is 68.8 cm³/mol. The van der Waals surface area contributed by atoms with Crippen molar-refractivity contribution in [2.75, 3.05) is 0 Å². The summed E-state index contributed by atoms with van der Waals surface area (Å²) in [6.45, 7) is 0. The third-order valence-electron chi connectivity index (χ3n) is 2.46. The maximum absolute atomic E-state index is 11.9. The summed E-state index contributed by atoms with van der Waals surface area (Å²) < 4.78 is 0.999. The molecule has 1 N–H and O–H groups in total. The van der Waals surface area contributed by atoms with Crippen LogP contribution in [0.5, 0.6) is 0 Å². The van der Waals surface area contributed by atoms with Crippen molar-refractivity contribution in [3.8, 4) is 0 Å². The number of hydrogen-bond acceptors (Lipinski definition) is 1. The van der Waals surface area contributed by atoms with Gasteiger partial charge in [-0.1, -0.05) is 24.3 Å². The van der Waals surface area contributed by atoms with Crippen molar-refractivity contribution in [3.05, 3.63) is 45.6 Å². The van der Waals surface area contributed by atoms with Gasteiger partial charge in [0.1, 0.15) is 0 Å². The zero-order valence-corrected chi connectivity index (χ0v) is 10.4. The molecule has 0 aromatic heterocycles. The molecule has 1 aromatic carbocycles. The van der Waals surface area contributed by atoms with Crippen LogP contribution in [0.4, 0.5) is 0 Å². The summed E-state index contributed by atoms with van der Waals surface area (Å²) in [5.74, 6) is 0.0358. The van der Waals surface area contributed by atoms with Gasteiger partial charge in [0.05, 0.1) is 5.56 Å². The number of carbonyl (C=O) groups is 1. The highest BCUT2D eigenvalue weighted by atomic mass is 127. The highest BCUT2D eigenvalue weighted by Crippen LogP contribution is 2.14. The van der Waals surface area contributed by atoms with Crippen molar-refractivity contribution in [1.82, 2.24) is 5.32 Å². The van der Waals surface area contributed by atoms with Gasteiger partial charge in [-0.15, -0.1) is 0 Å². The largest absolute Gasteiger partial charge is 0.349 e. The molecule has 2 rings (SSSR count). The van der Waals surface area contributed by atoms with Crippen molar-refractivity contribution in [2.24, 2.45) is 0 Å². The first-order chi connectivity index (χ1) is 7.27. The molecule has 0 unspecified atom stereocenters. The minimum atomic E-state index is 0.0358. The predicted octanol–water partition coefficient (Wildman–Crippen LogP) is 2.74. The Morgan fingerprint density at radius 3 is 2.60 bits per heavy atom. The minimum absolute atomic E-state index is 0.0358. The third-order valence-corrected chi connectivity index (χ3v) is 3.40. The lowest BCUT2D eigenvalue weighted by Crippen LogP contribution is -2.33. The van der Waals surface area contributed by atoms with Crippen LogP contribution in [0.15, 0.2) is 36.4 Å². The smallest absolute Gasteiger partial charge is 0.252 e. The van der Waals surface area contributed by atoms with Gasteiger partial charge in [0, 0.05) is 9.61 Å². The number of hydrogen-bond donors (Lipinski definition) is 1. The van der Waals surface area contributed by atoms with E-state index in [-0.39, 0.29) is 11.9 Å². The van der Waals surface area contributed by atoms with E-state index in [0.717, 1.165) is 22.0 Å². The Labute approximate surface area is 103 Å². The highest BCUT2D eigenvalue weighted by Gasteiger charge is 2.15. The van der Waals surface area contributed by atoms with Gasteiger partial charge in [0.2, 0.25) is 0 Å². The molecule has 0 aliphatic heterocycles. The monoisotopic (exact) mass is 313 g/mol. The van der Waals surface area contributed by atoms with E-state index in [9.17, 15) is 4.79 Å². The fourth-order valence-corrected chi connectivity index (χ4v) is 2.28. The number of amides is 1. The van der Waals surface area contributed by atoms with Gasteiger partial charge in [-0.25, -0.2) is 0 Å². The number of carbonyl (C=O) groups excluding carboxylic acids is 1. The van der Waals surface area contributed by atoms with E-state index in [2.05, 4.69) is 40.1 Å². The van der Waals surface area contributed by atoms with Gasteiger partial charge < -0.3 is 5.32 Å². The Morgan fingerprint density at radius 1 is 1.27 bits per heavy atom. The quantitative estimate of drug-likeness (QED) is 0.660. The van der Waals surface area contributed by atoms with Crippen LogP contribution in [-0.4, -0.2) is 11.9 Å². The van der Waals surface area contributed by atoms with E-state index in [0.29, 0.717) is 0 Å². The topological polar surface area (TPSA) is 29.1 Å². The van der Waals surface area contributed by atoms with Crippen LogP contribution in [0.25, 0.3) is 0 Å². The zero-order valence-electron chi connectivity index (χ0n) is 8.24. The summed E-state index contributed by atoms with van der Waals surface area (Å²) in [6, 6.07) is 7.93. The maximum Gasteiger partial charge on any atom is 0.252 e. The maximum atomic E-state index is 11.9. The Balaban J connectivity index is 2.05. The van der Waals surface area contributed by atoms with Crippen LogP contribution in [0.2, 0.25) is 0 Å². The first-order valence-electron chi connectivity index (χ1n) is 4.98. The molecule has 1 aliphatic carbocycles. The molecule has 0 fully saturated rings. The van der Waals surface area contributed by atoms with E-state index in [1.807, 2.05) is 24.3 Å². The second kappa shape index (κ2) is 4.79. The van der Waals surface area contributed by atoms with Crippen molar-refractivity contribution in [1.29, 1.82) is 0 Å². The third kappa shape index (κ3) is 2.59. The Morgan fingerprint density at radius 2 is 1.93 bits per heavy atom. The summed E-state index contributed by atoms with van der Waals surface area (Å²) >= 11 is 2.19. The summed E-state index contributed by atoms with van der Waals surface area (Å²) in [5.41, 5.74) is 0.769. The fraction of sp³-hybridized carbons (Fsp3) is 0.250. The molecule has 15 heavy (non-hydrogen) atoms. The van der Waals surface area contributed by atoms with Crippen LogP contribution in [0, 0.1) is 3.57 Å². The molecule has 0 bridgehead atoms. The van der Waals surface area contributed by atoms with E-state index < -0.39 is 0 Å². The molecule has 3 heteroatoms. The van der Waals surface area contributed by atoms with Gasteiger partial charge in [-0.3, -0.25) is 4.79 Å². The first kappa shape index (κ1) is 10.7. The van der Waals surface area contributed by atoms with E-state index in [1.165, 1.54) is 0 Å². The van der Waals surface area contributed by atoms with Crippen LogP contribution in [0.1, 0.15) is 23.2 Å². The lowest BCUT2D eigenvalue weighted by molar-refractivity contribution is 0.0938. The van der Waals surface area contributed by atoms with E-state index >= 15 is 0 Å². The summed E-state index contributed by atoms with van der Waals surface area (Å²) in [5, 5.41) is 3.03. The van der Waals surface area contributed by atoms with Crippen molar-refractivity contribution >= 4 is 28.5 Å². The van der Waals surface area contributed by atoms with Gasteiger partial charge in [0.15, 0.2) is 0 Å². The molecular formula is C12H12INO.